The van der Waals surface area contributed by atoms with Crippen molar-refractivity contribution in [1.82, 2.24) is 9.55 Å². The molecule has 1 fully saturated rings. The Balaban J connectivity index is 2.46. The second kappa shape index (κ2) is 5.18. The van der Waals surface area contributed by atoms with E-state index >= 15 is 0 Å². The van der Waals surface area contributed by atoms with Crippen LogP contribution in [0.1, 0.15) is 90.1 Å². The smallest absolute Gasteiger partial charge is 0.127 e. The number of nitrogens with zero attached hydrogens (tertiary/aromatic N) is 2. The molecule has 1 heterocycles. The molecule has 108 valence electrons. The molecule has 0 spiro atoms. The lowest BCUT2D eigenvalue weighted by Crippen LogP contribution is -2.26. The molecule has 0 radical (unpaired) electrons. The number of nitrogen functional groups attached to an aromatic ring is 1. The zero-order valence-electron chi connectivity index (χ0n) is 13.2. The molecule has 0 atom stereocenters. The summed E-state index contributed by atoms with van der Waals surface area (Å²) in [6.07, 6.45) is 6.52. The summed E-state index contributed by atoms with van der Waals surface area (Å²) in [5.74, 6) is 3.04. The van der Waals surface area contributed by atoms with Crippen molar-refractivity contribution in [3.63, 3.8) is 0 Å². The number of hydrogen-bond donors (Lipinski definition) is 1. The minimum Gasteiger partial charge on any atom is -0.384 e. The van der Waals surface area contributed by atoms with E-state index in [1.165, 1.54) is 37.8 Å². The molecule has 0 bridgehead atoms. The largest absolute Gasteiger partial charge is 0.384 e. The fourth-order valence-corrected chi connectivity index (χ4v) is 3.24. The molecule has 0 aliphatic heterocycles. The number of rotatable bonds is 2. The number of anilines is 1. The molecule has 3 nitrogen and oxygen atoms in total. The summed E-state index contributed by atoms with van der Waals surface area (Å²) in [4.78, 5) is 4.94. The van der Waals surface area contributed by atoms with Crippen molar-refractivity contribution in [3.8, 4) is 0 Å². The van der Waals surface area contributed by atoms with Crippen molar-refractivity contribution in [1.29, 1.82) is 0 Å². The maximum atomic E-state index is 6.46. The minimum atomic E-state index is 0.00357. The van der Waals surface area contributed by atoms with Gasteiger partial charge in [0.1, 0.15) is 11.6 Å². The van der Waals surface area contributed by atoms with E-state index in [-0.39, 0.29) is 5.54 Å². The van der Waals surface area contributed by atoms with Gasteiger partial charge in [0, 0.05) is 17.4 Å². The van der Waals surface area contributed by atoms with Gasteiger partial charge in [0.05, 0.1) is 5.69 Å². The van der Waals surface area contributed by atoms with Gasteiger partial charge in [0.2, 0.25) is 0 Å². The van der Waals surface area contributed by atoms with E-state index in [4.69, 9.17) is 10.7 Å². The molecule has 3 heteroatoms. The quantitative estimate of drug-likeness (QED) is 0.860. The normalized spacial score (nSPS) is 18.2. The van der Waals surface area contributed by atoms with E-state index in [0.29, 0.717) is 11.8 Å². The lowest BCUT2D eigenvalue weighted by molar-refractivity contribution is 0.382. The van der Waals surface area contributed by atoms with Crippen LogP contribution in [0.3, 0.4) is 0 Å². The Bertz CT molecular complexity index is 432. The second-order valence-corrected chi connectivity index (χ2v) is 7.24. The summed E-state index contributed by atoms with van der Waals surface area (Å²) < 4.78 is 2.25. The molecule has 1 aliphatic rings. The molecule has 0 saturated heterocycles. The number of hydrogen-bond acceptors (Lipinski definition) is 2. The van der Waals surface area contributed by atoms with Crippen molar-refractivity contribution < 1.29 is 0 Å². The number of nitrogens with two attached hydrogens (primary N) is 1. The Morgan fingerprint density at radius 3 is 2.16 bits per heavy atom. The highest BCUT2D eigenvalue weighted by Gasteiger charge is 2.29. The van der Waals surface area contributed by atoms with E-state index in [1.54, 1.807) is 0 Å². The van der Waals surface area contributed by atoms with Crippen LogP contribution in [0.5, 0.6) is 0 Å². The van der Waals surface area contributed by atoms with Gasteiger partial charge in [0.15, 0.2) is 0 Å². The maximum absolute atomic E-state index is 6.46. The van der Waals surface area contributed by atoms with Crippen molar-refractivity contribution in [3.05, 3.63) is 11.5 Å². The van der Waals surface area contributed by atoms with Crippen LogP contribution in [-0.4, -0.2) is 9.55 Å². The molecule has 2 rings (SSSR count). The Morgan fingerprint density at radius 1 is 1.16 bits per heavy atom. The first-order valence-corrected chi connectivity index (χ1v) is 7.71. The molecule has 2 N–H and O–H groups in total. The van der Waals surface area contributed by atoms with Gasteiger partial charge in [-0.05, 0) is 33.6 Å². The summed E-state index contributed by atoms with van der Waals surface area (Å²) in [6.45, 7) is 11.0. The summed E-state index contributed by atoms with van der Waals surface area (Å²) in [7, 11) is 0. The van der Waals surface area contributed by atoms with Gasteiger partial charge in [-0.3, -0.25) is 0 Å². The van der Waals surface area contributed by atoms with Gasteiger partial charge in [-0.1, -0.05) is 33.1 Å². The first kappa shape index (κ1) is 14.4. The third-order valence-electron chi connectivity index (χ3n) is 4.15. The molecule has 0 unspecified atom stereocenters. The molecule has 19 heavy (non-hydrogen) atoms. The lowest BCUT2D eigenvalue weighted by atomic mass is 9.87. The third-order valence-corrected chi connectivity index (χ3v) is 4.15. The maximum Gasteiger partial charge on any atom is 0.127 e. The van der Waals surface area contributed by atoms with Crippen LogP contribution in [0.2, 0.25) is 0 Å². The highest BCUT2D eigenvalue weighted by molar-refractivity contribution is 5.42. The Morgan fingerprint density at radius 2 is 1.74 bits per heavy atom. The van der Waals surface area contributed by atoms with Crippen LogP contribution >= 0.6 is 0 Å². The SMILES string of the molecule is CC(C)c1nc(C2CCCCC2)c(N)n1C(C)(C)C. The van der Waals surface area contributed by atoms with Gasteiger partial charge in [-0.15, -0.1) is 0 Å². The van der Waals surface area contributed by atoms with Gasteiger partial charge in [-0.25, -0.2) is 4.98 Å². The van der Waals surface area contributed by atoms with Crippen LogP contribution in [0.4, 0.5) is 5.82 Å². The Labute approximate surface area is 117 Å². The van der Waals surface area contributed by atoms with E-state index < -0.39 is 0 Å². The van der Waals surface area contributed by atoms with Crippen LogP contribution in [-0.2, 0) is 5.54 Å². The average molecular weight is 263 g/mol. The summed E-state index contributed by atoms with van der Waals surface area (Å²) in [5.41, 5.74) is 7.63. The van der Waals surface area contributed by atoms with Gasteiger partial charge >= 0.3 is 0 Å². The van der Waals surface area contributed by atoms with E-state index in [1.807, 2.05) is 0 Å². The predicted octanol–water partition coefficient (Wildman–Crippen LogP) is 4.39. The molecule has 1 aliphatic carbocycles. The molecule has 1 aromatic heterocycles. The first-order valence-electron chi connectivity index (χ1n) is 7.71. The monoisotopic (exact) mass is 263 g/mol. The van der Waals surface area contributed by atoms with E-state index in [0.717, 1.165) is 11.6 Å². The number of aromatic nitrogens is 2. The van der Waals surface area contributed by atoms with Gasteiger partial charge in [0.25, 0.3) is 0 Å². The van der Waals surface area contributed by atoms with Crippen molar-refractivity contribution in [2.75, 3.05) is 5.73 Å². The minimum absolute atomic E-state index is 0.00357. The second-order valence-electron chi connectivity index (χ2n) is 7.24. The van der Waals surface area contributed by atoms with Crippen LogP contribution < -0.4 is 5.73 Å². The van der Waals surface area contributed by atoms with E-state index in [2.05, 4.69) is 39.2 Å². The van der Waals surface area contributed by atoms with Gasteiger partial charge in [-0.2, -0.15) is 0 Å². The third kappa shape index (κ3) is 2.80. The first-order chi connectivity index (χ1) is 8.82. The summed E-state index contributed by atoms with van der Waals surface area (Å²) >= 11 is 0. The molecule has 1 saturated carbocycles. The molecular weight excluding hydrogens is 234 g/mol. The fourth-order valence-electron chi connectivity index (χ4n) is 3.24. The Hall–Kier alpha value is -0.990. The van der Waals surface area contributed by atoms with Crippen LogP contribution in [0.25, 0.3) is 0 Å². The highest BCUT2D eigenvalue weighted by Crippen LogP contribution is 2.38. The highest BCUT2D eigenvalue weighted by atomic mass is 15.2. The van der Waals surface area contributed by atoms with Gasteiger partial charge < -0.3 is 10.3 Å². The fraction of sp³-hybridized carbons (Fsp3) is 0.812. The Kier molecular flexibility index (Phi) is 3.93. The summed E-state index contributed by atoms with van der Waals surface area (Å²) in [5, 5.41) is 0. The van der Waals surface area contributed by atoms with E-state index in [9.17, 15) is 0 Å². The molecule has 0 amide bonds. The van der Waals surface area contributed by atoms with Crippen molar-refractivity contribution in [2.45, 2.75) is 84.1 Å². The molecule has 1 aromatic rings. The average Bonchev–Trinajstić information content (AvgIpc) is 2.68. The topological polar surface area (TPSA) is 43.8 Å². The zero-order valence-corrected chi connectivity index (χ0v) is 13.2. The zero-order chi connectivity index (χ0) is 14.2. The predicted molar refractivity (Wildman–Crippen MR) is 81.6 cm³/mol. The van der Waals surface area contributed by atoms with Crippen LogP contribution in [0, 0.1) is 0 Å². The standard InChI is InChI=1S/C16H29N3/c1-11(2)15-18-13(12-9-7-6-8-10-12)14(17)19(15)16(3,4)5/h11-12H,6-10,17H2,1-5H3. The molecular formula is C16H29N3. The number of imidazole rings is 1. The lowest BCUT2D eigenvalue weighted by Gasteiger charge is -2.27. The van der Waals surface area contributed by atoms with Crippen LogP contribution in [0.15, 0.2) is 0 Å². The van der Waals surface area contributed by atoms with Crippen molar-refractivity contribution in [2.24, 2.45) is 0 Å². The molecule has 0 aromatic carbocycles. The summed E-state index contributed by atoms with van der Waals surface area (Å²) in [6, 6.07) is 0. The van der Waals surface area contributed by atoms with Crippen molar-refractivity contribution >= 4 is 5.82 Å².